The van der Waals surface area contributed by atoms with Crippen LogP contribution in [0, 0.1) is 17.8 Å². The van der Waals surface area contributed by atoms with Crippen molar-refractivity contribution in [2.24, 2.45) is 17.8 Å². The Kier molecular flexibility index (Phi) is 58.5. The van der Waals surface area contributed by atoms with Gasteiger partial charge >= 0.3 is 15.6 Å². The maximum Gasteiger partial charge on any atom is 0.472 e. The molecule has 5 saturated heterocycles. The van der Waals surface area contributed by atoms with Crippen molar-refractivity contribution in [1.82, 2.24) is 15.5 Å². The number of carbonyl (C=O) groups excluding carboxylic acids is 8. The van der Waals surface area contributed by atoms with Crippen LogP contribution in [0.3, 0.4) is 0 Å². The van der Waals surface area contributed by atoms with Crippen molar-refractivity contribution in [3.63, 3.8) is 0 Å². The van der Waals surface area contributed by atoms with Gasteiger partial charge in [0.05, 0.1) is 109 Å². The van der Waals surface area contributed by atoms with Gasteiger partial charge < -0.3 is 129 Å². The van der Waals surface area contributed by atoms with Crippen LogP contribution in [0.2, 0.25) is 0 Å². The second kappa shape index (κ2) is 62.4. The lowest BCUT2D eigenvalue weighted by Crippen LogP contribution is -2.59. The third kappa shape index (κ3) is 43.2. The number of nitrogens with one attached hydrogen (secondary N) is 2. The molecule has 0 radical (unpaired) electrons. The zero-order chi connectivity index (χ0) is 89.7. The van der Waals surface area contributed by atoms with Gasteiger partial charge in [0.15, 0.2) is 18.9 Å². The summed E-state index contributed by atoms with van der Waals surface area (Å²) in [5.74, 6) is -4.10. The fraction of sp³-hybridized carbons (Fsp3) is 0.901. The Morgan fingerprint density at radius 1 is 0.439 bits per heavy atom. The summed E-state index contributed by atoms with van der Waals surface area (Å²) in [4.78, 5) is 128. The molecule has 42 heteroatoms. The highest BCUT2D eigenvalue weighted by molar-refractivity contribution is 7.47. The molecule has 0 bridgehead atoms. The summed E-state index contributed by atoms with van der Waals surface area (Å²) in [7, 11) is -7.53. The van der Waals surface area contributed by atoms with E-state index in [-0.39, 0.29) is 148 Å². The lowest BCUT2D eigenvalue weighted by Gasteiger charge is -2.40. The molecular weight excluding hydrogens is 1670 g/mol. The molecule has 0 aliphatic carbocycles. The van der Waals surface area contributed by atoms with E-state index in [4.69, 9.17) is 66.0 Å². The number of ether oxygens (including phenoxy) is 10. The average molecular weight is 1820 g/mol. The number of likely N-dealkylation sites (tertiary alicyclic amines) is 1. The Balaban J connectivity index is 0.0000127. The first-order valence-corrected chi connectivity index (χ1v) is 45.5. The quantitative estimate of drug-likeness (QED) is 0.0236. The van der Waals surface area contributed by atoms with E-state index in [9.17, 15) is 108 Å². The number of phosphoric ester groups is 2. The zero-order valence-corrected chi connectivity index (χ0v) is 72.9. The van der Waals surface area contributed by atoms with Crippen LogP contribution in [0.5, 0.6) is 0 Å². The van der Waals surface area contributed by atoms with Gasteiger partial charge in [-0.1, -0.05) is 48.5 Å². The SMILES string of the molecule is C.C.CO.COP(=O)(O)O[C@H]1C[C@H](C)O[C@@H]1COP(=O)(O)O[C@@H]1C[C@@H](CO)N(C(=O)CC(=O)NC(COCCC(=O)CCCCCC(=O)CCCCO[C@@H]2OC(CO)[C@H](O)[C@H](O)C2C)(COCCC(=O)CCCCCC(=O)CCCCO[C@@H]2OC(CO)[C@H](O)[C@H](O)C2C)COCCC(=O)NCCCCC(=O)CCCCO[C@@H]2OC(CO)[C@H](O)[C@H](O)C2C)C1. The lowest BCUT2D eigenvalue weighted by molar-refractivity contribution is -0.282. The summed E-state index contributed by atoms with van der Waals surface area (Å²) in [5.41, 5.74) is -1.70. The van der Waals surface area contributed by atoms with Crippen molar-refractivity contribution in [3.8, 4) is 0 Å². The van der Waals surface area contributed by atoms with Gasteiger partial charge in [-0.3, -0.25) is 56.5 Å². The van der Waals surface area contributed by atoms with Crippen molar-refractivity contribution < 1.29 is 179 Å². The molecule has 5 rings (SSSR count). The summed E-state index contributed by atoms with van der Waals surface area (Å²) >= 11 is 0. The van der Waals surface area contributed by atoms with E-state index >= 15 is 0 Å². The number of amides is 3. The van der Waals surface area contributed by atoms with Crippen LogP contribution in [0.4, 0.5) is 0 Å². The van der Waals surface area contributed by atoms with Gasteiger partial charge in [-0.05, 0) is 90.4 Å². The number of hydrogen-bond acceptors (Lipinski definition) is 35. The summed E-state index contributed by atoms with van der Waals surface area (Å²) in [6, 6.07) is -1.02. The minimum Gasteiger partial charge on any atom is -0.400 e. The molecule has 5 aliphatic heterocycles. The molecule has 123 heavy (non-hydrogen) atoms. The van der Waals surface area contributed by atoms with Gasteiger partial charge in [0.1, 0.15) is 89.7 Å². The van der Waals surface area contributed by atoms with E-state index in [1.54, 1.807) is 27.7 Å². The second-order valence-corrected chi connectivity index (χ2v) is 34.8. The number of aliphatic hydroxyl groups excluding tert-OH is 11. The van der Waals surface area contributed by atoms with Gasteiger partial charge in [0, 0.05) is 142 Å². The summed E-state index contributed by atoms with van der Waals surface area (Å²) in [6.07, 6.45) is -8.56. The largest absolute Gasteiger partial charge is 0.472 e. The van der Waals surface area contributed by atoms with Crippen LogP contribution in [0.25, 0.3) is 0 Å². The first kappa shape index (κ1) is 115. The molecule has 0 spiro atoms. The number of carbonyl (C=O) groups is 8. The van der Waals surface area contributed by atoms with E-state index in [0.29, 0.717) is 116 Å². The Bertz CT molecular complexity index is 2880. The highest BCUT2D eigenvalue weighted by Crippen LogP contribution is 2.50. The number of rotatable bonds is 65. The highest BCUT2D eigenvalue weighted by atomic mass is 31.2. The maximum absolute atomic E-state index is 14.4. The van der Waals surface area contributed by atoms with E-state index < -0.39 is 227 Å². The first-order chi connectivity index (χ1) is 57.7. The Hall–Kier alpha value is -3.86. The number of unbranched alkanes of at least 4 members (excludes halogenated alkanes) is 8. The van der Waals surface area contributed by atoms with Crippen LogP contribution in [0.1, 0.15) is 222 Å². The number of nitrogens with zero attached hydrogens (tertiary/aromatic N) is 1. The molecule has 5 fully saturated rings. The molecule has 5 aliphatic rings. The summed E-state index contributed by atoms with van der Waals surface area (Å²) in [6.45, 7) is 2.51. The van der Waals surface area contributed by atoms with Crippen LogP contribution in [-0.2, 0) is 113 Å². The molecule has 720 valence electrons. The number of Topliss-reactive ketones (excluding diaryl/α,β-unsaturated/α-hetero) is 5. The second-order valence-electron chi connectivity index (χ2n) is 31.8. The Morgan fingerprint density at radius 3 is 1.20 bits per heavy atom. The van der Waals surface area contributed by atoms with Gasteiger partial charge in [-0.15, -0.1) is 0 Å². The van der Waals surface area contributed by atoms with Crippen molar-refractivity contribution in [2.75, 3.05) is 120 Å². The predicted molar refractivity (Wildman–Crippen MR) is 440 cm³/mol. The Morgan fingerprint density at radius 2 is 0.813 bits per heavy atom. The average Bonchev–Trinajstić information content (AvgIpc) is 1.72. The number of aliphatic hydroxyl groups is 11. The normalized spacial score (nSPS) is 28.5. The standard InChI is InChI=1S/C78H137N3O36P2.CH4O.2CH4/c1-50-38-61(117-118(100,101)104-5)65(112-50)46-111-119(102,103)116-60-39-54(42-82)81(41-60)68(93)40-67(92)80-78(47-105-35-28-58(89)22-10-6-8-20-55(86)25-13-17-32-108-75-51(2)69(94)72(97)62(43-83)113-75,48-106-36-29-59(90)23-11-7-9-21-56(87)26-14-18-33-109-76-52(3)70(95)73(98)63(44-84)114-76)49-107-37-30-66(91)79-31-16-12-24-57(88)27-15-19-34-110-77-53(4)71(96)74(99)64(45-85)115-77;1-2;;/h50-54,60-65,69-77,82-85,94-99H,6-49H2,1-5H3,(H,79,91)(H,80,92)(H,100,101)(H,102,103);2H,1H3;2*1H4/t50-,51?,52?,53?,54-,60+,61-,62?,63?,64?,65+,69+,70+,71+,72-,73-,74-,75+,76+,77+,78?;;;/m0.../s1. The number of phosphoric acid groups is 2. The van der Waals surface area contributed by atoms with Gasteiger partial charge in [0.25, 0.3) is 0 Å². The number of hydrogen-bond donors (Lipinski definition) is 15. The third-order valence-corrected chi connectivity index (χ3v) is 23.9. The summed E-state index contributed by atoms with van der Waals surface area (Å²) in [5, 5.41) is 113. The minimum absolute atomic E-state index is 0. The molecule has 5 heterocycles. The smallest absolute Gasteiger partial charge is 0.400 e. The van der Waals surface area contributed by atoms with E-state index in [1.165, 1.54) is 0 Å². The topological polar surface area (TPSA) is 590 Å². The van der Waals surface area contributed by atoms with Crippen LogP contribution in [0.15, 0.2) is 0 Å². The molecule has 40 nitrogen and oxygen atoms in total. The van der Waals surface area contributed by atoms with E-state index in [2.05, 4.69) is 15.2 Å². The van der Waals surface area contributed by atoms with Crippen molar-refractivity contribution in [1.29, 1.82) is 0 Å². The molecule has 3 amide bonds. The monoisotopic (exact) mass is 1820 g/mol. The van der Waals surface area contributed by atoms with Crippen molar-refractivity contribution in [2.45, 2.75) is 332 Å². The van der Waals surface area contributed by atoms with Gasteiger partial charge in [-0.25, -0.2) is 9.13 Å². The Labute approximate surface area is 723 Å². The molecule has 15 N–H and O–H groups in total. The molecular formula is C81H149N3O37P2. The zero-order valence-electron chi connectivity index (χ0n) is 71.1. The van der Waals surface area contributed by atoms with Gasteiger partial charge in [-0.2, -0.15) is 0 Å². The predicted octanol–water partition coefficient (Wildman–Crippen LogP) is 2.56. The highest BCUT2D eigenvalue weighted by Gasteiger charge is 2.48. The fourth-order valence-corrected chi connectivity index (χ4v) is 16.1. The van der Waals surface area contributed by atoms with Crippen LogP contribution < -0.4 is 10.6 Å². The third-order valence-electron chi connectivity index (χ3n) is 21.8. The maximum atomic E-state index is 14.4. The molecule has 22 atom stereocenters. The molecule has 0 aromatic rings. The van der Waals surface area contributed by atoms with Crippen LogP contribution in [-0.4, -0.2) is 347 Å². The number of ketones is 5. The van der Waals surface area contributed by atoms with E-state index in [1.807, 2.05) is 0 Å². The fourth-order valence-electron chi connectivity index (χ4n) is 14.5. The van der Waals surface area contributed by atoms with Crippen molar-refractivity contribution in [3.05, 3.63) is 0 Å². The summed E-state index contributed by atoms with van der Waals surface area (Å²) < 4.78 is 104. The lowest BCUT2D eigenvalue weighted by atomic mass is 9.92. The molecule has 0 aromatic heterocycles. The molecule has 0 saturated carbocycles. The molecule has 0 aromatic carbocycles. The molecule has 8 unspecified atom stereocenters. The van der Waals surface area contributed by atoms with E-state index in [0.717, 1.165) is 19.1 Å². The van der Waals surface area contributed by atoms with Gasteiger partial charge in [0.2, 0.25) is 17.7 Å². The van der Waals surface area contributed by atoms with Crippen molar-refractivity contribution >= 4 is 62.3 Å². The minimum atomic E-state index is -4.98. The van der Waals surface area contributed by atoms with Crippen LogP contribution >= 0.6 is 15.6 Å². The first-order valence-electron chi connectivity index (χ1n) is 42.5.